The molecule has 1 spiro atoms. The van der Waals surface area contributed by atoms with E-state index >= 15 is 0 Å². The molecule has 2 fully saturated rings. The van der Waals surface area contributed by atoms with Gasteiger partial charge in [0.05, 0.1) is 5.56 Å². The fourth-order valence-electron chi connectivity index (χ4n) is 3.48. The van der Waals surface area contributed by atoms with Crippen molar-refractivity contribution in [1.82, 2.24) is 9.88 Å². The monoisotopic (exact) mass is 328 g/mol. The minimum absolute atomic E-state index is 0.206. The fraction of sp³-hybridized carbons (Fsp3) is 0.625. The lowest BCUT2D eigenvalue weighted by atomic mass is 9.65. The van der Waals surface area contributed by atoms with Crippen LogP contribution in [0.2, 0.25) is 0 Å². The first kappa shape index (κ1) is 16.1. The number of carbonyl (C=O) groups excluding carboxylic acids is 1. The van der Waals surface area contributed by atoms with Crippen LogP contribution in [-0.2, 0) is 11.0 Å². The van der Waals surface area contributed by atoms with Crippen LogP contribution in [0.5, 0.6) is 5.88 Å². The molecule has 23 heavy (non-hydrogen) atoms. The second-order valence-electron chi connectivity index (χ2n) is 6.95. The first-order valence-corrected chi connectivity index (χ1v) is 7.65. The Morgan fingerprint density at radius 2 is 1.87 bits per heavy atom. The third kappa shape index (κ3) is 3.28. The van der Waals surface area contributed by atoms with Crippen LogP contribution in [0.15, 0.2) is 18.3 Å². The Kier molecular flexibility index (Phi) is 3.77. The van der Waals surface area contributed by atoms with Gasteiger partial charge in [-0.15, -0.1) is 0 Å². The number of alkyl halides is 3. The molecule has 1 saturated carbocycles. The Morgan fingerprint density at radius 1 is 1.22 bits per heavy atom. The zero-order chi connectivity index (χ0) is 16.7. The van der Waals surface area contributed by atoms with E-state index in [1.807, 2.05) is 6.92 Å². The Bertz CT molecular complexity index is 570. The zero-order valence-electron chi connectivity index (χ0n) is 12.9. The molecule has 2 heterocycles. The van der Waals surface area contributed by atoms with Crippen molar-refractivity contribution in [3.63, 3.8) is 0 Å². The average Bonchev–Trinajstić information content (AvgIpc) is 2.45. The van der Waals surface area contributed by atoms with Crippen LogP contribution >= 0.6 is 0 Å². The largest absolute Gasteiger partial charge is 0.471 e. The molecular formula is C16H19F3N2O2. The molecule has 1 saturated heterocycles. The summed E-state index contributed by atoms with van der Waals surface area (Å²) >= 11 is 0. The molecule has 0 bridgehead atoms. The Balaban J connectivity index is 1.59. The number of aromatic nitrogens is 1. The van der Waals surface area contributed by atoms with E-state index in [-0.39, 0.29) is 11.3 Å². The number of ether oxygens (including phenoxy) is 1. The van der Waals surface area contributed by atoms with E-state index in [0.717, 1.165) is 57.4 Å². The van der Waals surface area contributed by atoms with Gasteiger partial charge < -0.3 is 9.64 Å². The number of rotatable bonds is 3. The Morgan fingerprint density at radius 3 is 2.35 bits per heavy atom. The van der Waals surface area contributed by atoms with E-state index in [0.29, 0.717) is 0 Å². The minimum atomic E-state index is -4.39. The van der Waals surface area contributed by atoms with Crippen molar-refractivity contribution in [3.05, 3.63) is 23.9 Å². The van der Waals surface area contributed by atoms with Crippen LogP contribution in [0, 0.1) is 5.41 Å². The lowest BCUT2D eigenvalue weighted by molar-refractivity contribution is -0.137. The highest BCUT2D eigenvalue weighted by Gasteiger charge is 2.48. The molecule has 3 rings (SSSR count). The van der Waals surface area contributed by atoms with E-state index in [1.165, 1.54) is 6.07 Å². The molecule has 0 N–H and O–H groups in total. The SMILES string of the molecule is CC1(Oc2ccc(C(F)(F)F)cn2)CCC2(CC1)CN(C=O)C2. The molecule has 4 nitrogen and oxygen atoms in total. The van der Waals surface area contributed by atoms with Crippen LogP contribution in [0.25, 0.3) is 0 Å². The number of nitrogens with zero attached hydrogens (tertiary/aromatic N) is 2. The van der Waals surface area contributed by atoms with Crippen LogP contribution in [0.3, 0.4) is 0 Å². The summed E-state index contributed by atoms with van der Waals surface area (Å²) in [5.41, 5.74) is -0.988. The molecule has 1 aromatic rings. The van der Waals surface area contributed by atoms with Gasteiger partial charge >= 0.3 is 6.18 Å². The molecule has 0 atom stereocenters. The molecule has 126 valence electrons. The van der Waals surface area contributed by atoms with Gasteiger partial charge in [-0.3, -0.25) is 4.79 Å². The van der Waals surface area contributed by atoms with Crippen LogP contribution in [0.4, 0.5) is 13.2 Å². The standard InChI is InChI=1S/C16H19F3N2O2/c1-14(4-6-15(7-5-14)9-21(10-15)11-22)23-13-3-2-12(8-20-13)16(17,18)19/h2-3,8,11H,4-7,9-10H2,1H3. The maximum Gasteiger partial charge on any atom is 0.417 e. The quantitative estimate of drug-likeness (QED) is 0.800. The van der Waals surface area contributed by atoms with Gasteiger partial charge in [0.2, 0.25) is 12.3 Å². The molecule has 1 amide bonds. The predicted molar refractivity (Wildman–Crippen MR) is 76.8 cm³/mol. The highest BCUT2D eigenvalue weighted by molar-refractivity contribution is 5.49. The fourth-order valence-corrected chi connectivity index (χ4v) is 3.48. The Labute approximate surface area is 132 Å². The molecule has 0 aromatic carbocycles. The lowest BCUT2D eigenvalue weighted by Crippen LogP contribution is -2.58. The van der Waals surface area contributed by atoms with Crippen molar-refractivity contribution in [2.75, 3.05) is 13.1 Å². The zero-order valence-corrected chi connectivity index (χ0v) is 12.9. The highest BCUT2D eigenvalue weighted by atomic mass is 19.4. The van der Waals surface area contributed by atoms with Crippen LogP contribution in [0.1, 0.15) is 38.2 Å². The lowest BCUT2D eigenvalue weighted by Gasteiger charge is -2.53. The molecule has 1 aromatic heterocycles. The van der Waals surface area contributed by atoms with E-state index in [9.17, 15) is 18.0 Å². The van der Waals surface area contributed by atoms with Crippen molar-refractivity contribution >= 4 is 6.41 Å². The minimum Gasteiger partial charge on any atom is -0.471 e. The van der Waals surface area contributed by atoms with Crippen molar-refractivity contribution in [2.24, 2.45) is 5.41 Å². The normalized spacial score (nSPS) is 22.5. The summed E-state index contributed by atoms with van der Waals surface area (Å²) in [5, 5.41) is 0. The number of halogens is 3. The third-order valence-electron chi connectivity index (χ3n) is 5.01. The predicted octanol–water partition coefficient (Wildman–Crippen LogP) is 3.27. The van der Waals surface area contributed by atoms with Gasteiger partial charge in [-0.25, -0.2) is 4.98 Å². The summed E-state index contributed by atoms with van der Waals surface area (Å²) in [6.45, 7) is 3.56. The molecule has 7 heteroatoms. The van der Waals surface area contributed by atoms with Gasteiger partial charge in [-0.2, -0.15) is 13.2 Å². The van der Waals surface area contributed by atoms with E-state index in [4.69, 9.17) is 4.74 Å². The first-order valence-electron chi connectivity index (χ1n) is 7.65. The Hall–Kier alpha value is -1.79. The second kappa shape index (κ2) is 5.39. The van der Waals surface area contributed by atoms with Gasteiger partial charge in [0.1, 0.15) is 5.60 Å². The van der Waals surface area contributed by atoms with Gasteiger partial charge in [0.15, 0.2) is 0 Å². The summed E-state index contributed by atoms with van der Waals surface area (Å²) in [7, 11) is 0. The maximum absolute atomic E-state index is 12.5. The second-order valence-corrected chi connectivity index (χ2v) is 6.95. The summed E-state index contributed by atoms with van der Waals surface area (Å²) in [6.07, 6.45) is 0.813. The van der Waals surface area contributed by atoms with E-state index in [1.54, 1.807) is 4.90 Å². The van der Waals surface area contributed by atoms with Gasteiger partial charge in [0.25, 0.3) is 0 Å². The van der Waals surface area contributed by atoms with Crippen molar-refractivity contribution in [3.8, 4) is 5.88 Å². The summed E-state index contributed by atoms with van der Waals surface area (Å²) < 4.78 is 43.5. The smallest absolute Gasteiger partial charge is 0.417 e. The number of likely N-dealkylation sites (tertiary alicyclic amines) is 1. The molecule has 0 unspecified atom stereocenters. The number of pyridine rings is 1. The van der Waals surface area contributed by atoms with Gasteiger partial charge in [-0.05, 0) is 38.7 Å². The maximum atomic E-state index is 12.5. The topological polar surface area (TPSA) is 42.4 Å². The molecule has 0 radical (unpaired) electrons. The number of hydrogen-bond donors (Lipinski definition) is 0. The van der Waals surface area contributed by atoms with E-state index < -0.39 is 17.3 Å². The summed E-state index contributed by atoms with van der Waals surface area (Å²) in [6, 6.07) is 2.26. The molecular weight excluding hydrogens is 309 g/mol. The summed E-state index contributed by atoms with van der Waals surface area (Å²) in [5.74, 6) is 0.222. The molecule has 1 aliphatic carbocycles. The van der Waals surface area contributed by atoms with Crippen molar-refractivity contribution in [1.29, 1.82) is 0 Å². The number of amides is 1. The first-order chi connectivity index (χ1) is 10.7. The summed E-state index contributed by atoms with van der Waals surface area (Å²) in [4.78, 5) is 16.2. The van der Waals surface area contributed by atoms with Crippen molar-refractivity contribution in [2.45, 2.75) is 44.4 Å². The highest BCUT2D eigenvalue weighted by Crippen LogP contribution is 2.47. The molecule has 2 aliphatic rings. The third-order valence-corrected chi connectivity index (χ3v) is 5.01. The number of hydrogen-bond acceptors (Lipinski definition) is 3. The van der Waals surface area contributed by atoms with Crippen LogP contribution in [-0.4, -0.2) is 35.0 Å². The molecule has 1 aliphatic heterocycles. The van der Waals surface area contributed by atoms with Gasteiger partial charge in [-0.1, -0.05) is 0 Å². The average molecular weight is 328 g/mol. The van der Waals surface area contributed by atoms with E-state index in [2.05, 4.69) is 4.98 Å². The number of carbonyl (C=O) groups is 1. The van der Waals surface area contributed by atoms with Crippen molar-refractivity contribution < 1.29 is 22.7 Å². The van der Waals surface area contributed by atoms with Crippen LogP contribution < -0.4 is 4.74 Å². The van der Waals surface area contributed by atoms with Gasteiger partial charge in [0, 0.05) is 30.8 Å².